The van der Waals surface area contributed by atoms with Gasteiger partial charge in [0.2, 0.25) is 11.8 Å². The first kappa shape index (κ1) is 18.4. The SMILES string of the molecule is CCOC(=O)C1CCN(C(=O)[C@@H]2CC(=O)N(c3ccccc3C)C2)CC1. The second kappa shape index (κ2) is 7.89. The van der Waals surface area contributed by atoms with E-state index in [0.717, 1.165) is 11.3 Å². The van der Waals surface area contributed by atoms with Crippen LogP contribution in [0.3, 0.4) is 0 Å². The number of para-hydroxylation sites is 1. The minimum atomic E-state index is -0.304. The van der Waals surface area contributed by atoms with Crippen molar-refractivity contribution in [1.29, 1.82) is 0 Å². The number of anilines is 1. The number of nitrogens with zero attached hydrogens (tertiary/aromatic N) is 2. The Morgan fingerprint density at radius 2 is 1.85 bits per heavy atom. The number of carbonyl (C=O) groups is 3. The molecule has 0 spiro atoms. The molecule has 2 heterocycles. The Balaban J connectivity index is 1.59. The number of carbonyl (C=O) groups excluding carboxylic acids is 3. The summed E-state index contributed by atoms with van der Waals surface area (Å²) in [6.45, 7) is 5.69. The summed E-state index contributed by atoms with van der Waals surface area (Å²) < 4.78 is 5.07. The van der Waals surface area contributed by atoms with E-state index in [1.165, 1.54) is 0 Å². The first-order chi connectivity index (χ1) is 12.5. The van der Waals surface area contributed by atoms with Gasteiger partial charge < -0.3 is 14.5 Å². The van der Waals surface area contributed by atoms with Gasteiger partial charge in [-0.3, -0.25) is 14.4 Å². The number of hydrogen-bond donors (Lipinski definition) is 0. The van der Waals surface area contributed by atoms with Crippen LogP contribution >= 0.6 is 0 Å². The molecule has 0 radical (unpaired) electrons. The molecule has 1 aromatic rings. The molecule has 6 nitrogen and oxygen atoms in total. The third-order valence-corrected chi connectivity index (χ3v) is 5.31. The number of amides is 2. The maximum absolute atomic E-state index is 12.8. The van der Waals surface area contributed by atoms with Gasteiger partial charge in [0.15, 0.2) is 0 Å². The number of hydrogen-bond acceptors (Lipinski definition) is 4. The third kappa shape index (κ3) is 3.74. The predicted octanol–water partition coefficient (Wildman–Crippen LogP) is 2.15. The van der Waals surface area contributed by atoms with E-state index in [9.17, 15) is 14.4 Å². The molecule has 26 heavy (non-hydrogen) atoms. The highest BCUT2D eigenvalue weighted by atomic mass is 16.5. The number of likely N-dealkylation sites (tertiary alicyclic amines) is 1. The van der Waals surface area contributed by atoms with E-state index in [-0.39, 0.29) is 36.0 Å². The van der Waals surface area contributed by atoms with E-state index in [1.54, 1.807) is 16.7 Å². The number of benzene rings is 1. The largest absolute Gasteiger partial charge is 0.466 e. The second-order valence-electron chi connectivity index (χ2n) is 7.04. The zero-order valence-electron chi connectivity index (χ0n) is 15.4. The molecule has 0 bridgehead atoms. The Labute approximate surface area is 154 Å². The van der Waals surface area contributed by atoms with E-state index < -0.39 is 0 Å². The van der Waals surface area contributed by atoms with Gasteiger partial charge in [-0.1, -0.05) is 18.2 Å². The van der Waals surface area contributed by atoms with Crippen molar-refractivity contribution in [2.75, 3.05) is 31.1 Å². The Morgan fingerprint density at radius 3 is 2.50 bits per heavy atom. The molecule has 1 aromatic carbocycles. The molecule has 2 saturated heterocycles. The molecule has 6 heteroatoms. The summed E-state index contributed by atoms with van der Waals surface area (Å²) in [6, 6.07) is 7.74. The van der Waals surface area contributed by atoms with Crippen LogP contribution < -0.4 is 4.90 Å². The van der Waals surface area contributed by atoms with Crippen molar-refractivity contribution >= 4 is 23.5 Å². The van der Waals surface area contributed by atoms with Crippen LogP contribution in [0.5, 0.6) is 0 Å². The minimum absolute atomic E-state index is 0.000871. The highest BCUT2D eigenvalue weighted by molar-refractivity contribution is 6.00. The van der Waals surface area contributed by atoms with Crippen LogP contribution in [0.15, 0.2) is 24.3 Å². The van der Waals surface area contributed by atoms with Crippen LogP contribution in [0.4, 0.5) is 5.69 Å². The van der Waals surface area contributed by atoms with Gasteiger partial charge in [0.1, 0.15) is 0 Å². The minimum Gasteiger partial charge on any atom is -0.466 e. The first-order valence-electron chi connectivity index (χ1n) is 9.32. The summed E-state index contributed by atoms with van der Waals surface area (Å²) in [4.78, 5) is 40.6. The monoisotopic (exact) mass is 358 g/mol. The molecule has 140 valence electrons. The van der Waals surface area contributed by atoms with E-state index in [0.29, 0.717) is 39.1 Å². The average molecular weight is 358 g/mol. The molecule has 0 saturated carbocycles. The number of ether oxygens (including phenoxy) is 1. The molecule has 2 amide bonds. The van der Waals surface area contributed by atoms with Crippen molar-refractivity contribution in [2.45, 2.75) is 33.1 Å². The van der Waals surface area contributed by atoms with E-state index in [2.05, 4.69) is 0 Å². The van der Waals surface area contributed by atoms with Crippen LogP contribution in [-0.2, 0) is 19.1 Å². The fourth-order valence-electron chi connectivity index (χ4n) is 3.83. The summed E-state index contributed by atoms with van der Waals surface area (Å²) in [5.74, 6) is -0.564. The van der Waals surface area contributed by atoms with Crippen LogP contribution in [0.25, 0.3) is 0 Å². The van der Waals surface area contributed by atoms with E-state index >= 15 is 0 Å². The third-order valence-electron chi connectivity index (χ3n) is 5.31. The van der Waals surface area contributed by atoms with Gasteiger partial charge >= 0.3 is 5.97 Å². The second-order valence-corrected chi connectivity index (χ2v) is 7.04. The smallest absolute Gasteiger partial charge is 0.309 e. The summed E-state index contributed by atoms with van der Waals surface area (Å²) in [5, 5.41) is 0. The number of rotatable bonds is 4. The highest BCUT2D eigenvalue weighted by Gasteiger charge is 2.39. The zero-order valence-corrected chi connectivity index (χ0v) is 15.4. The summed E-state index contributed by atoms with van der Waals surface area (Å²) in [6.07, 6.45) is 1.52. The quantitative estimate of drug-likeness (QED) is 0.774. The Hall–Kier alpha value is -2.37. The van der Waals surface area contributed by atoms with E-state index in [1.807, 2.05) is 31.2 Å². The number of esters is 1. The molecule has 2 aliphatic heterocycles. The number of aryl methyl sites for hydroxylation is 1. The van der Waals surface area contributed by atoms with Crippen LogP contribution in [0.2, 0.25) is 0 Å². The van der Waals surface area contributed by atoms with Crippen molar-refractivity contribution in [2.24, 2.45) is 11.8 Å². The fourth-order valence-corrected chi connectivity index (χ4v) is 3.83. The van der Waals surface area contributed by atoms with Gasteiger partial charge in [0.05, 0.1) is 18.4 Å². The van der Waals surface area contributed by atoms with Gasteiger partial charge in [-0.25, -0.2) is 0 Å². The molecular weight excluding hydrogens is 332 g/mol. The standard InChI is InChI=1S/C20H26N2O4/c1-3-26-20(25)15-8-10-21(11-9-15)19(24)16-12-18(23)22(13-16)17-7-5-4-6-14(17)2/h4-7,15-16H,3,8-13H2,1-2H3/t16-/m1/s1. The van der Waals surface area contributed by atoms with Gasteiger partial charge in [0, 0.05) is 31.7 Å². The molecule has 2 aliphatic rings. The normalized spacial score (nSPS) is 21.2. The van der Waals surface area contributed by atoms with Gasteiger partial charge in [-0.05, 0) is 38.3 Å². The van der Waals surface area contributed by atoms with Crippen molar-refractivity contribution in [3.8, 4) is 0 Å². The van der Waals surface area contributed by atoms with Gasteiger partial charge in [-0.2, -0.15) is 0 Å². The first-order valence-corrected chi connectivity index (χ1v) is 9.32. The molecule has 0 N–H and O–H groups in total. The van der Waals surface area contributed by atoms with Crippen LogP contribution in [0, 0.1) is 18.8 Å². The average Bonchev–Trinajstić information content (AvgIpc) is 3.03. The maximum atomic E-state index is 12.8. The lowest BCUT2D eigenvalue weighted by Gasteiger charge is -2.32. The van der Waals surface area contributed by atoms with Crippen molar-refractivity contribution in [3.05, 3.63) is 29.8 Å². The lowest BCUT2D eigenvalue weighted by Crippen LogP contribution is -2.44. The molecule has 0 unspecified atom stereocenters. The summed E-state index contributed by atoms with van der Waals surface area (Å²) >= 11 is 0. The zero-order chi connectivity index (χ0) is 18.7. The predicted molar refractivity (Wildman–Crippen MR) is 97.6 cm³/mol. The molecule has 0 aromatic heterocycles. The lowest BCUT2D eigenvalue weighted by atomic mass is 9.95. The summed E-state index contributed by atoms with van der Waals surface area (Å²) in [5.41, 5.74) is 1.91. The van der Waals surface area contributed by atoms with Crippen molar-refractivity contribution in [1.82, 2.24) is 4.90 Å². The molecule has 2 fully saturated rings. The molecular formula is C20H26N2O4. The Kier molecular flexibility index (Phi) is 5.59. The van der Waals surface area contributed by atoms with Crippen molar-refractivity contribution in [3.63, 3.8) is 0 Å². The lowest BCUT2D eigenvalue weighted by molar-refractivity contribution is -0.151. The number of piperidine rings is 1. The highest BCUT2D eigenvalue weighted by Crippen LogP contribution is 2.29. The summed E-state index contributed by atoms with van der Waals surface area (Å²) in [7, 11) is 0. The Bertz CT molecular complexity index is 695. The maximum Gasteiger partial charge on any atom is 0.309 e. The van der Waals surface area contributed by atoms with Crippen LogP contribution in [0.1, 0.15) is 31.7 Å². The Morgan fingerprint density at radius 1 is 1.15 bits per heavy atom. The molecule has 3 rings (SSSR count). The molecule has 0 aliphatic carbocycles. The van der Waals surface area contributed by atoms with Gasteiger partial charge in [-0.15, -0.1) is 0 Å². The topological polar surface area (TPSA) is 66.9 Å². The van der Waals surface area contributed by atoms with Crippen LogP contribution in [-0.4, -0.2) is 48.9 Å². The van der Waals surface area contributed by atoms with E-state index in [4.69, 9.17) is 4.74 Å². The molecule has 1 atom stereocenters. The fraction of sp³-hybridized carbons (Fsp3) is 0.550. The van der Waals surface area contributed by atoms with Gasteiger partial charge in [0.25, 0.3) is 0 Å². The van der Waals surface area contributed by atoms with Crippen molar-refractivity contribution < 1.29 is 19.1 Å².